The van der Waals surface area contributed by atoms with Gasteiger partial charge in [-0.15, -0.1) is 11.3 Å². The van der Waals surface area contributed by atoms with Gasteiger partial charge in [0.15, 0.2) is 5.78 Å². The molecule has 6 heteroatoms. The number of aromatic nitrogens is 2. The number of carbonyl (C=O) groups is 1. The number of benzene rings is 2. The molecule has 1 unspecified atom stereocenters. The summed E-state index contributed by atoms with van der Waals surface area (Å²) in [4.78, 5) is 30.8. The van der Waals surface area contributed by atoms with E-state index in [2.05, 4.69) is 4.98 Å². The molecule has 0 amide bonds. The van der Waals surface area contributed by atoms with Crippen molar-refractivity contribution < 1.29 is 9.18 Å². The van der Waals surface area contributed by atoms with Crippen LogP contribution in [0.1, 0.15) is 23.3 Å². The summed E-state index contributed by atoms with van der Waals surface area (Å²) < 4.78 is 14.6. The Hall–Kier alpha value is -3.12. The minimum Gasteiger partial charge on any atom is -0.292 e. The number of rotatable bonds is 4. The summed E-state index contributed by atoms with van der Waals surface area (Å²) in [6.45, 7) is 1.69. The Morgan fingerprint density at radius 1 is 1.11 bits per heavy atom. The highest BCUT2D eigenvalue weighted by Gasteiger charge is 2.21. The monoisotopic (exact) mass is 378 g/mol. The summed E-state index contributed by atoms with van der Waals surface area (Å²) in [5.41, 5.74) is 1.70. The molecule has 2 aromatic carbocycles. The molecule has 2 aromatic heterocycles. The average molecular weight is 378 g/mol. The third-order valence-electron chi connectivity index (χ3n) is 4.53. The fourth-order valence-corrected chi connectivity index (χ4v) is 3.94. The van der Waals surface area contributed by atoms with Crippen molar-refractivity contribution in [2.24, 2.45) is 0 Å². The van der Waals surface area contributed by atoms with Crippen LogP contribution in [0.4, 0.5) is 4.39 Å². The number of halogens is 1. The van der Waals surface area contributed by atoms with Crippen molar-refractivity contribution >= 4 is 27.3 Å². The summed E-state index contributed by atoms with van der Waals surface area (Å²) in [6.07, 6.45) is 1.42. The number of carbonyl (C=O) groups excluding carboxylic acids is 1. The molecule has 0 aliphatic carbocycles. The van der Waals surface area contributed by atoms with Crippen molar-refractivity contribution in [3.63, 3.8) is 0 Å². The molecule has 27 heavy (non-hydrogen) atoms. The standard InChI is InChI=1S/C21H15FN2O2S/c1-13(19(25)15-5-3-2-4-6-15)24-12-23-20-18(21(24)26)17(11-27-20)14-7-9-16(22)10-8-14/h2-13H,1H3. The number of ketones is 1. The smallest absolute Gasteiger partial charge is 0.263 e. The topological polar surface area (TPSA) is 52.0 Å². The number of fused-ring (bicyclic) bond motifs is 1. The van der Waals surface area contributed by atoms with Crippen LogP contribution in [0.2, 0.25) is 0 Å². The van der Waals surface area contributed by atoms with Crippen LogP contribution in [0, 0.1) is 5.82 Å². The number of thiophene rings is 1. The van der Waals surface area contributed by atoms with E-state index in [4.69, 9.17) is 0 Å². The molecule has 0 fully saturated rings. The van der Waals surface area contributed by atoms with Gasteiger partial charge in [0.25, 0.3) is 5.56 Å². The molecule has 0 aliphatic heterocycles. The second-order valence-electron chi connectivity index (χ2n) is 6.20. The number of hydrogen-bond acceptors (Lipinski definition) is 4. The summed E-state index contributed by atoms with van der Waals surface area (Å²) in [5.74, 6) is -0.492. The van der Waals surface area contributed by atoms with Gasteiger partial charge in [-0.25, -0.2) is 9.37 Å². The molecule has 134 valence electrons. The van der Waals surface area contributed by atoms with E-state index in [0.717, 1.165) is 5.56 Å². The van der Waals surface area contributed by atoms with Gasteiger partial charge in [-0.1, -0.05) is 42.5 Å². The lowest BCUT2D eigenvalue weighted by atomic mass is 10.0. The van der Waals surface area contributed by atoms with Gasteiger partial charge >= 0.3 is 0 Å². The lowest BCUT2D eigenvalue weighted by molar-refractivity contribution is 0.0932. The van der Waals surface area contributed by atoms with Crippen molar-refractivity contribution in [1.29, 1.82) is 0 Å². The molecule has 0 bridgehead atoms. The van der Waals surface area contributed by atoms with Gasteiger partial charge in [-0.2, -0.15) is 0 Å². The number of Topliss-reactive ketones (excluding diaryl/α,β-unsaturated/α-hetero) is 1. The first-order valence-corrected chi connectivity index (χ1v) is 9.28. The molecular weight excluding hydrogens is 363 g/mol. The van der Waals surface area contributed by atoms with Crippen LogP contribution < -0.4 is 5.56 Å². The zero-order valence-electron chi connectivity index (χ0n) is 14.4. The molecule has 0 radical (unpaired) electrons. The van der Waals surface area contributed by atoms with E-state index in [1.54, 1.807) is 43.3 Å². The quantitative estimate of drug-likeness (QED) is 0.483. The lowest BCUT2D eigenvalue weighted by Crippen LogP contribution is -2.28. The van der Waals surface area contributed by atoms with Crippen molar-refractivity contribution in [1.82, 2.24) is 9.55 Å². The molecule has 0 spiro atoms. The average Bonchev–Trinajstić information content (AvgIpc) is 3.13. The molecule has 0 N–H and O–H groups in total. The largest absolute Gasteiger partial charge is 0.292 e. The van der Waals surface area contributed by atoms with Crippen LogP contribution in [-0.2, 0) is 0 Å². The van der Waals surface area contributed by atoms with E-state index in [9.17, 15) is 14.0 Å². The third-order valence-corrected chi connectivity index (χ3v) is 5.42. The van der Waals surface area contributed by atoms with Crippen molar-refractivity contribution in [2.75, 3.05) is 0 Å². The van der Waals surface area contributed by atoms with E-state index in [1.807, 2.05) is 11.4 Å². The fourth-order valence-electron chi connectivity index (χ4n) is 3.03. The lowest BCUT2D eigenvalue weighted by Gasteiger charge is -2.14. The van der Waals surface area contributed by atoms with Crippen LogP contribution in [0.3, 0.4) is 0 Å². The van der Waals surface area contributed by atoms with Crippen LogP contribution in [0.15, 0.2) is 71.1 Å². The minimum absolute atomic E-state index is 0.155. The van der Waals surface area contributed by atoms with Gasteiger partial charge in [-0.05, 0) is 24.6 Å². The van der Waals surface area contributed by atoms with E-state index in [0.29, 0.717) is 21.3 Å². The second kappa shape index (κ2) is 6.89. The normalized spacial score (nSPS) is 12.2. The highest BCUT2D eigenvalue weighted by atomic mass is 32.1. The maximum Gasteiger partial charge on any atom is 0.263 e. The van der Waals surface area contributed by atoms with E-state index in [-0.39, 0.29) is 17.2 Å². The molecule has 0 saturated carbocycles. The van der Waals surface area contributed by atoms with E-state index >= 15 is 0 Å². The van der Waals surface area contributed by atoms with Gasteiger partial charge in [0.2, 0.25) is 0 Å². The maximum absolute atomic E-state index is 13.2. The summed E-state index contributed by atoms with van der Waals surface area (Å²) in [6, 6.07) is 14.2. The Bertz CT molecular complexity index is 1180. The van der Waals surface area contributed by atoms with E-state index in [1.165, 1.54) is 34.4 Å². The van der Waals surface area contributed by atoms with Crippen LogP contribution in [-0.4, -0.2) is 15.3 Å². The molecule has 0 aliphatic rings. The maximum atomic E-state index is 13.2. The van der Waals surface area contributed by atoms with Crippen LogP contribution in [0.25, 0.3) is 21.3 Å². The highest BCUT2D eigenvalue weighted by molar-refractivity contribution is 7.17. The van der Waals surface area contributed by atoms with Gasteiger partial charge in [-0.3, -0.25) is 14.2 Å². The zero-order valence-corrected chi connectivity index (χ0v) is 15.2. The zero-order chi connectivity index (χ0) is 19.0. The Labute approximate surface area is 158 Å². The molecule has 4 aromatic rings. The van der Waals surface area contributed by atoms with Gasteiger partial charge in [0.05, 0.1) is 17.8 Å². The number of nitrogens with zero attached hydrogens (tertiary/aromatic N) is 2. The van der Waals surface area contributed by atoms with Gasteiger partial charge in [0, 0.05) is 16.5 Å². The van der Waals surface area contributed by atoms with Gasteiger partial charge < -0.3 is 0 Å². The summed E-state index contributed by atoms with van der Waals surface area (Å²) >= 11 is 1.35. The summed E-state index contributed by atoms with van der Waals surface area (Å²) in [5, 5.41) is 2.28. The fraction of sp³-hybridized carbons (Fsp3) is 0.0952. The first-order chi connectivity index (χ1) is 13.1. The Balaban J connectivity index is 1.82. The predicted octanol–water partition coefficient (Wildman–Crippen LogP) is 4.71. The number of hydrogen-bond donors (Lipinski definition) is 0. The molecular formula is C21H15FN2O2S. The van der Waals surface area contributed by atoms with Crippen molar-refractivity contribution in [3.8, 4) is 11.1 Å². The summed E-state index contributed by atoms with van der Waals surface area (Å²) in [7, 11) is 0. The minimum atomic E-state index is -0.683. The van der Waals surface area contributed by atoms with Crippen molar-refractivity contribution in [2.45, 2.75) is 13.0 Å². The molecule has 4 nitrogen and oxygen atoms in total. The Kier molecular flexibility index (Phi) is 4.41. The molecule has 2 heterocycles. The Morgan fingerprint density at radius 2 is 1.81 bits per heavy atom. The predicted molar refractivity (Wildman–Crippen MR) is 105 cm³/mol. The van der Waals surface area contributed by atoms with Crippen LogP contribution >= 0.6 is 11.3 Å². The molecule has 4 rings (SSSR count). The molecule has 0 saturated heterocycles. The Morgan fingerprint density at radius 3 is 2.52 bits per heavy atom. The second-order valence-corrected chi connectivity index (χ2v) is 7.06. The highest BCUT2D eigenvalue weighted by Crippen LogP contribution is 2.31. The molecule has 1 atom stereocenters. The van der Waals surface area contributed by atoms with Crippen LogP contribution in [0.5, 0.6) is 0 Å². The van der Waals surface area contributed by atoms with E-state index < -0.39 is 6.04 Å². The van der Waals surface area contributed by atoms with Gasteiger partial charge in [0.1, 0.15) is 10.6 Å². The first kappa shape index (κ1) is 17.3. The SMILES string of the molecule is CC(C(=O)c1ccccc1)n1cnc2scc(-c3ccc(F)cc3)c2c1=O. The van der Waals surface area contributed by atoms with Crippen molar-refractivity contribution in [3.05, 3.63) is 88.0 Å². The first-order valence-electron chi connectivity index (χ1n) is 8.40. The third kappa shape index (κ3) is 3.08.